The van der Waals surface area contributed by atoms with E-state index in [1.165, 1.54) is 0 Å². The Bertz CT molecular complexity index is 570. The Balaban J connectivity index is 2.11. The van der Waals surface area contributed by atoms with Crippen molar-refractivity contribution in [3.05, 3.63) is 29.7 Å². The molecule has 0 saturated heterocycles. The molecule has 2 aromatic rings. The zero-order valence-electron chi connectivity index (χ0n) is 10.4. The van der Waals surface area contributed by atoms with Gasteiger partial charge < -0.3 is 9.52 Å². The first kappa shape index (κ1) is 10.8. The molecule has 17 heavy (non-hydrogen) atoms. The van der Waals surface area contributed by atoms with Gasteiger partial charge in [0, 0.05) is 5.41 Å². The maximum absolute atomic E-state index is 10.1. The lowest BCUT2D eigenvalue weighted by Crippen LogP contribution is -2.11. The van der Waals surface area contributed by atoms with E-state index in [9.17, 15) is 5.11 Å². The van der Waals surface area contributed by atoms with Crippen LogP contribution in [0, 0.1) is 0 Å². The monoisotopic (exact) mass is 231 g/mol. The Kier molecular flexibility index (Phi) is 1.97. The summed E-state index contributed by atoms with van der Waals surface area (Å²) in [5.41, 5.74) is 1.90. The van der Waals surface area contributed by atoms with Gasteiger partial charge in [-0.15, -0.1) is 0 Å². The van der Waals surface area contributed by atoms with Gasteiger partial charge in [-0.25, -0.2) is 4.98 Å². The molecular formula is C14H17NO2. The second-order valence-corrected chi connectivity index (χ2v) is 5.98. The van der Waals surface area contributed by atoms with Gasteiger partial charge in [-0.1, -0.05) is 26.8 Å². The fourth-order valence-corrected chi connectivity index (χ4v) is 1.94. The van der Waals surface area contributed by atoms with Crippen molar-refractivity contribution in [2.75, 3.05) is 0 Å². The van der Waals surface area contributed by atoms with Gasteiger partial charge in [-0.2, -0.15) is 0 Å². The Morgan fingerprint density at radius 3 is 2.59 bits per heavy atom. The quantitative estimate of drug-likeness (QED) is 0.820. The van der Waals surface area contributed by atoms with Crippen LogP contribution in [0.2, 0.25) is 0 Å². The minimum Gasteiger partial charge on any atom is -0.440 e. The standard InChI is InChI=1S/C14H17NO2/c1-13(2,3)12-15-10-8-9(14(16)6-7-14)4-5-11(10)17-12/h4-5,8,16H,6-7H2,1-3H3. The van der Waals surface area contributed by atoms with E-state index in [-0.39, 0.29) is 5.41 Å². The number of hydrogen-bond acceptors (Lipinski definition) is 3. The summed E-state index contributed by atoms with van der Waals surface area (Å²) in [5.74, 6) is 0.743. The zero-order valence-corrected chi connectivity index (χ0v) is 10.4. The van der Waals surface area contributed by atoms with Crippen LogP contribution in [0.25, 0.3) is 11.1 Å². The normalized spacial score (nSPS) is 18.6. The molecule has 0 amide bonds. The third-order valence-corrected chi connectivity index (χ3v) is 3.29. The highest BCUT2D eigenvalue weighted by Gasteiger charge is 2.42. The molecule has 90 valence electrons. The second-order valence-electron chi connectivity index (χ2n) is 5.98. The van der Waals surface area contributed by atoms with Crippen molar-refractivity contribution >= 4 is 11.1 Å². The maximum Gasteiger partial charge on any atom is 0.200 e. The van der Waals surface area contributed by atoms with E-state index in [0.717, 1.165) is 35.4 Å². The predicted octanol–water partition coefficient (Wildman–Crippen LogP) is 3.11. The Hall–Kier alpha value is -1.35. The van der Waals surface area contributed by atoms with Crippen LogP contribution in [0.5, 0.6) is 0 Å². The Morgan fingerprint density at radius 2 is 2.00 bits per heavy atom. The van der Waals surface area contributed by atoms with Crippen molar-refractivity contribution in [1.82, 2.24) is 4.98 Å². The average molecular weight is 231 g/mol. The third kappa shape index (κ3) is 1.75. The predicted molar refractivity (Wildman–Crippen MR) is 65.8 cm³/mol. The molecule has 1 aromatic carbocycles. The van der Waals surface area contributed by atoms with E-state index >= 15 is 0 Å². The number of hydrogen-bond donors (Lipinski definition) is 1. The summed E-state index contributed by atoms with van der Waals surface area (Å²) >= 11 is 0. The van der Waals surface area contributed by atoms with Gasteiger partial charge in [0.2, 0.25) is 5.89 Å². The average Bonchev–Trinajstić information content (AvgIpc) is 2.85. The number of fused-ring (bicyclic) bond motifs is 1. The molecule has 1 aromatic heterocycles. The largest absolute Gasteiger partial charge is 0.440 e. The molecule has 1 aliphatic carbocycles. The van der Waals surface area contributed by atoms with E-state index in [4.69, 9.17) is 4.42 Å². The molecule has 0 bridgehead atoms. The number of benzene rings is 1. The van der Waals surface area contributed by atoms with Gasteiger partial charge in [0.25, 0.3) is 0 Å². The summed E-state index contributed by atoms with van der Waals surface area (Å²) in [5, 5.41) is 10.1. The van der Waals surface area contributed by atoms with Gasteiger partial charge in [0.05, 0.1) is 5.60 Å². The molecule has 0 atom stereocenters. The number of oxazole rings is 1. The van der Waals surface area contributed by atoms with Gasteiger partial charge in [0.15, 0.2) is 5.58 Å². The van der Waals surface area contributed by atoms with Gasteiger partial charge in [-0.3, -0.25) is 0 Å². The van der Waals surface area contributed by atoms with Crippen molar-refractivity contribution in [1.29, 1.82) is 0 Å². The highest BCUT2D eigenvalue weighted by molar-refractivity contribution is 5.74. The highest BCUT2D eigenvalue weighted by atomic mass is 16.3. The van der Waals surface area contributed by atoms with Crippen LogP contribution in [0.1, 0.15) is 45.1 Å². The zero-order chi connectivity index (χ0) is 12.3. The van der Waals surface area contributed by atoms with Crippen LogP contribution in [0.4, 0.5) is 0 Å². The first-order valence-corrected chi connectivity index (χ1v) is 6.02. The summed E-state index contributed by atoms with van der Waals surface area (Å²) in [6.45, 7) is 6.23. The molecule has 3 nitrogen and oxygen atoms in total. The first-order chi connectivity index (χ1) is 7.88. The van der Waals surface area contributed by atoms with Crippen molar-refractivity contribution < 1.29 is 9.52 Å². The smallest absolute Gasteiger partial charge is 0.200 e. The van der Waals surface area contributed by atoms with Crippen molar-refractivity contribution in [2.45, 2.75) is 44.6 Å². The summed E-state index contributed by atoms with van der Waals surface area (Å²) in [6.07, 6.45) is 1.70. The molecule has 0 radical (unpaired) electrons. The third-order valence-electron chi connectivity index (χ3n) is 3.29. The molecule has 1 aliphatic rings. The van der Waals surface area contributed by atoms with Crippen molar-refractivity contribution in [2.24, 2.45) is 0 Å². The summed E-state index contributed by atoms with van der Waals surface area (Å²) in [4.78, 5) is 4.51. The summed E-state index contributed by atoms with van der Waals surface area (Å²) in [6, 6.07) is 5.79. The van der Waals surface area contributed by atoms with E-state index in [1.807, 2.05) is 18.2 Å². The highest BCUT2D eigenvalue weighted by Crippen LogP contribution is 2.45. The molecular weight excluding hydrogens is 214 g/mol. The van der Waals surface area contributed by atoms with Crippen molar-refractivity contribution in [3.8, 4) is 0 Å². The van der Waals surface area contributed by atoms with Crippen LogP contribution in [-0.4, -0.2) is 10.1 Å². The topological polar surface area (TPSA) is 46.3 Å². The molecule has 0 spiro atoms. The minimum absolute atomic E-state index is 0.0876. The number of aromatic nitrogens is 1. The SMILES string of the molecule is CC(C)(C)c1nc2cc(C3(O)CC3)ccc2o1. The van der Waals surface area contributed by atoms with E-state index < -0.39 is 5.60 Å². The molecule has 0 unspecified atom stereocenters. The summed E-state index contributed by atoms with van der Waals surface area (Å²) < 4.78 is 5.73. The van der Waals surface area contributed by atoms with Crippen LogP contribution in [0.3, 0.4) is 0 Å². The van der Waals surface area contributed by atoms with E-state index in [2.05, 4.69) is 25.8 Å². The Labute approximate surface area is 100 Å². The number of aliphatic hydroxyl groups is 1. The van der Waals surface area contributed by atoms with Crippen LogP contribution >= 0.6 is 0 Å². The number of nitrogens with zero attached hydrogens (tertiary/aromatic N) is 1. The van der Waals surface area contributed by atoms with Crippen LogP contribution in [-0.2, 0) is 11.0 Å². The molecule has 3 rings (SSSR count). The molecule has 1 fully saturated rings. The lowest BCUT2D eigenvalue weighted by atomic mass is 9.97. The lowest BCUT2D eigenvalue weighted by Gasteiger charge is -2.11. The Morgan fingerprint density at radius 1 is 1.29 bits per heavy atom. The molecule has 1 saturated carbocycles. The first-order valence-electron chi connectivity index (χ1n) is 6.02. The van der Waals surface area contributed by atoms with Crippen LogP contribution in [0.15, 0.2) is 22.6 Å². The maximum atomic E-state index is 10.1. The van der Waals surface area contributed by atoms with Gasteiger partial charge in [0.1, 0.15) is 5.52 Å². The molecule has 1 heterocycles. The second kappa shape index (κ2) is 3.10. The van der Waals surface area contributed by atoms with Crippen molar-refractivity contribution in [3.63, 3.8) is 0 Å². The fraction of sp³-hybridized carbons (Fsp3) is 0.500. The molecule has 3 heteroatoms. The molecule has 0 aliphatic heterocycles. The van der Waals surface area contributed by atoms with Crippen LogP contribution < -0.4 is 0 Å². The summed E-state index contributed by atoms with van der Waals surface area (Å²) in [7, 11) is 0. The van der Waals surface area contributed by atoms with E-state index in [0.29, 0.717) is 0 Å². The number of rotatable bonds is 1. The van der Waals surface area contributed by atoms with Gasteiger partial charge in [-0.05, 0) is 30.5 Å². The molecule has 1 N–H and O–H groups in total. The van der Waals surface area contributed by atoms with Gasteiger partial charge >= 0.3 is 0 Å². The fourth-order valence-electron chi connectivity index (χ4n) is 1.94. The lowest BCUT2D eigenvalue weighted by molar-refractivity contribution is 0.151. The minimum atomic E-state index is -0.602. The van der Waals surface area contributed by atoms with E-state index in [1.54, 1.807) is 0 Å².